The van der Waals surface area contributed by atoms with Crippen LogP contribution in [0.3, 0.4) is 0 Å². The van der Waals surface area contributed by atoms with Gasteiger partial charge >= 0.3 is 0 Å². The molecule has 4 nitrogen and oxygen atoms in total. The quantitative estimate of drug-likeness (QED) is 0.849. The van der Waals surface area contributed by atoms with Crippen LogP contribution in [0.15, 0.2) is 42.6 Å². The van der Waals surface area contributed by atoms with Crippen LogP contribution in [0.1, 0.15) is 18.0 Å². The molecule has 1 fully saturated rings. The zero-order chi connectivity index (χ0) is 12.4. The van der Waals surface area contributed by atoms with Gasteiger partial charge in [0.25, 0.3) is 0 Å². The van der Waals surface area contributed by atoms with E-state index in [-0.39, 0.29) is 11.9 Å². The van der Waals surface area contributed by atoms with E-state index in [1.54, 1.807) is 12.3 Å². The summed E-state index contributed by atoms with van der Waals surface area (Å²) in [7, 11) is 0. The van der Waals surface area contributed by atoms with Crippen LogP contribution in [0.25, 0.3) is 11.1 Å². The molecule has 2 aromatic rings. The zero-order valence-electron chi connectivity index (χ0n) is 9.84. The third-order valence-corrected chi connectivity index (χ3v) is 3.10. The Balaban J connectivity index is 1.92. The predicted molar refractivity (Wildman–Crippen MR) is 67.8 cm³/mol. The molecule has 92 valence electrons. The second kappa shape index (κ2) is 4.76. The van der Waals surface area contributed by atoms with Crippen molar-refractivity contribution in [2.24, 2.45) is 0 Å². The molecule has 1 atom stereocenters. The lowest BCUT2D eigenvalue weighted by Crippen LogP contribution is -2.11. The Kier molecular flexibility index (Phi) is 2.96. The van der Waals surface area contributed by atoms with Gasteiger partial charge in [-0.1, -0.05) is 18.2 Å². The van der Waals surface area contributed by atoms with E-state index < -0.39 is 0 Å². The Bertz CT molecular complexity index is 534. The first-order valence-electron chi connectivity index (χ1n) is 5.95. The highest BCUT2D eigenvalue weighted by Crippen LogP contribution is 2.26. The molecule has 1 aromatic carbocycles. The number of benzene rings is 1. The van der Waals surface area contributed by atoms with Gasteiger partial charge < -0.3 is 9.94 Å². The van der Waals surface area contributed by atoms with E-state index in [1.807, 2.05) is 18.2 Å². The third kappa shape index (κ3) is 2.20. The summed E-state index contributed by atoms with van der Waals surface area (Å²) in [5.41, 5.74) is 6.30. The standard InChI is InChI=1S/C14H14N2O2/c17-14-5-4-12(9-15-14)10-2-1-3-11(8-10)13-6-7-18-16-13/h1-5,8-9,13,16H,6-7H2,(H,15,17)/t13-/m1/s1. The van der Waals surface area contributed by atoms with Crippen molar-refractivity contribution in [3.05, 3.63) is 48.2 Å². The van der Waals surface area contributed by atoms with Crippen LogP contribution in [0.5, 0.6) is 5.88 Å². The number of nitrogens with zero attached hydrogens (tertiary/aromatic N) is 1. The third-order valence-electron chi connectivity index (χ3n) is 3.10. The Morgan fingerprint density at radius 1 is 1.22 bits per heavy atom. The summed E-state index contributed by atoms with van der Waals surface area (Å²) in [6.45, 7) is 0.746. The molecule has 1 saturated heterocycles. The van der Waals surface area contributed by atoms with Crippen LogP contribution in [0.2, 0.25) is 0 Å². The van der Waals surface area contributed by atoms with Gasteiger partial charge in [0, 0.05) is 17.8 Å². The molecule has 1 aromatic heterocycles. The topological polar surface area (TPSA) is 54.4 Å². The average molecular weight is 242 g/mol. The zero-order valence-corrected chi connectivity index (χ0v) is 9.84. The Labute approximate surface area is 105 Å². The van der Waals surface area contributed by atoms with Gasteiger partial charge in [0.1, 0.15) is 0 Å². The molecular formula is C14H14N2O2. The summed E-state index contributed by atoms with van der Waals surface area (Å²) in [6, 6.07) is 12.0. The number of hydroxylamine groups is 1. The van der Waals surface area contributed by atoms with Crippen molar-refractivity contribution in [2.45, 2.75) is 12.5 Å². The van der Waals surface area contributed by atoms with Gasteiger partial charge in [-0.25, -0.2) is 4.98 Å². The lowest BCUT2D eigenvalue weighted by Gasteiger charge is -2.10. The van der Waals surface area contributed by atoms with E-state index in [9.17, 15) is 5.11 Å². The average Bonchev–Trinajstić information content (AvgIpc) is 2.94. The van der Waals surface area contributed by atoms with Crippen molar-refractivity contribution in [1.29, 1.82) is 0 Å². The predicted octanol–water partition coefficient (Wildman–Crippen LogP) is 2.42. The van der Waals surface area contributed by atoms with Crippen molar-refractivity contribution in [3.8, 4) is 17.0 Å². The molecule has 0 bridgehead atoms. The monoisotopic (exact) mass is 242 g/mol. The first kappa shape index (κ1) is 11.2. The lowest BCUT2D eigenvalue weighted by molar-refractivity contribution is 0.0883. The maximum Gasteiger partial charge on any atom is 0.210 e. The largest absolute Gasteiger partial charge is 0.493 e. The molecule has 4 heteroatoms. The van der Waals surface area contributed by atoms with Gasteiger partial charge in [-0.05, 0) is 29.7 Å². The van der Waals surface area contributed by atoms with Crippen LogP contribution in [0.4, 0.5) is 0 Å². The molecule has 1 aliphatic heterocycles. The second-order valence-electron chi connectivity index (χ2n) is 4.34. The van der Waals surface area contributed by atoms with E-state index in [0.717, 1.165) is 24.2 Å². The molecular weight excluding hydrogens is 228 g/mol. The highest BCUT2D eigenvalue weighted by atomic mass is 16.7. The van der Waals surface area contributed by atoms with Crippen molar-refractivity contribution in [2.75, 3.05) is 6.61 Å². The first-order valence-corrected chi connectivity index (χ1v) is 5.95. The maximum atomic E-state index is 9.19. The van der Waals surface area contributed by atoms with Crippen LogP contribution in [0, 0.1) is 0 Å². The van der Waals surface area contributed by atoms with Crippen LogP contribution in [-0.4, -0.2) is 16.7 Å². The van der Waals surface area contributed by atoms with Crippen LogP contribution in [-0.2, 0) is 4.84 Å². The van der Waals surface area contributed by atoms with E-state index in [2.05, 4.69) is 22.6 Å². The number of hydrogen-bond acceptors (Lipinski definition) is 4. The normalized spacial score (nSPS) is 19.0. The molecule has 0 spiro atoms. The van der Waals surface area contributed by atoms with Gasteiger partial charge in [0.15, 0.2) is 0 Å². The molecule has 0 radical (unpaired) electrons. The van der Waals surface area contributed by atoms with Gasteiger partial charge in [0.05, 0.1) is 12.6 Å². The number of aromatic nitrogens is 1. The molecule has 0 aliphatic carbocycles. The van der Waals surface area contributed by atoms with E-state index >= 15 is 0 Å². The Morgan fingerprint density at radius 3 is 2.89 bits per heavy atom. The molecule has 2 heterocycles. The SMILES string of the molecule is Oc1ccc(-c2cccc([C@H]3CCON3)c2)cn1. The van der Waals surface area contributed by atoms with E-state index in [4.69, 9.17) is 4.84 Å². The van der Waals surface area contributed by atoms with Gasteiger partial charge in [-0.3, -0.25) is 0 Å². The van der Waals surface area contributed by atoms with Crippen molar-refractivity contribution in [1.82, 2.24) is 10.5 Å². The van der Waals surface area contributed by atoms with Crippen LogP contribution >= 0.6 is 0 Å². The number of rotatable bonds is 2. The maximum absolute atomic E-state index is 9.19. The first-order chi connectivity index (χ1) is 8.83. The van der Waals surface area contributed by atoms with Gasteiger partial charge in [-0.15, -0.1) is 0 Å². The highest BCUT2D eigenvalue weighted by Gasteiger charge is 2.17. The molecule has 3 rings (SSSR count). The molecule has 1 aliphatic rings. The fraction of sp³-hybridized carbons (Fsp3) is 0.214. The molecule has 18 heavy (non-hydrogen) atoms. The summed E-state index contributed by atoms with van der Waals surface area (Å²) >= 11 is 0. The summed E-state index contributed by atoms with van der Waals surface area (Å²) in [6.07, 6.45) is 2.66. The van der Waals surface area contributed by atoms with E-state index in [1.165, 1.54) is 5.56 Å². The number of pyridine rings is 1. The van der Waals surface area contributed by atoms with Crippen molar-refractivity contribution >= 4 is 0 Å². The number of hydrogen-bond donors (Lipinski definition) is 2. The summed E-state index contributed by atoms with van der Waals surface area (Å²) < 4.78 is 0. The molecule has 2 N–H and O–H groups in total. The minimum absolute atomic E-state index is 0.0424. The minimum atomic E-state index is 0.0424. The van der Waals surface area contributed by atoms with Crippen LogP contribution < -0.4 is 5.48 Å². The number of nitrogens with one attached hydrogen (secondary N) is 1. The summed E-state index contributed by atoms with van der Waals surface area (Å²) in [5.74, 6) is 0.0424. The fourth-order valence-electron chi connectivity index (χ4n) is 2.12. The fourth-order valence-corrected chi connectivity index (χ4v) is 2.12. The lowest BCUT2D eigenvalue weighted by atomic mass is 10.00. The summed E-state index contributed by atoms with van der Waals surface area (Å²) in [4.78, 5) is 9.08. The van der Waals surface area contributed by atoms with Gasteiger partial charge in [-0.2, -0.15) is 5.48 Å². The smallest absolute Gasteiger partial charge is 0.210 e. The minimum Gasteiger partial charge on any atom is -0.493 e. The van der Waals surface area contributed by atoms with Crippen molar-refractivity contribution in [3.63, 3.8) is 0 Å². The highest BCUT2D eigenvalue weighted by molar-refractivity contribution is 5.63. The second-order valence-corrected chi connectivity index (χ2v) is 4.34. The Morgan fingerprint density at radius 2 is 2.17 bits per heavy atom. The van der Waals surface area contributed by atoms with Crippen molar-refractivity contribution < 1.29 is 9.94 Å². The van der Waals surface area contributed by atoms with E-state index in [0.29, 0.717) is 0 Å². The van der Waals surface area contributed by atoms with Gasteiger partial charge in [0.2, 0.25) is 5.88 Å². The number of aromatic hydroxyl groups is 1. The Hall–Kier alpha value is -1.91. The molecule has 0 saturated carbocycles. The molecule has 0 amide bonds. The summed E-state index contributed by atoms with van der Waals surface area (Å²) in [5, 5.41) is 9.19. The molecule has 0 unspecified atom stereocenters.